The molecule has 2 nitrogen and oxygen atoms in total. The molecule has 0 unspecified atom stereocenters. The Morgan fingerprint density at radius 3 is 2.87 bits per heavy atom. The number of rotatable bonds is 3. The summed E-state index contributed by atoms with van der Waals surface area (Å²) in [4.78, 5) is 0. The van der Waals surface area contributed by atoms with E-state index in [4.69, 9.17) is 16.0 Å². The lowest BCUT2D eigenvalue weighted by molar-refractivity contribution is 0.520. The van der Waals surface area contributed by atoms with Gasteiger partial charge in [-0.15, -0.1) is 0 Å². The number of halogens is 1. The van der Waals surface area contributed by atoms with E-state index in [1.165, 1.54) is 0 Å². The van der Waals surface area contributed by atoms with Crippen LogP contribution in [0.1, 0.15) is 18.2 Å². The minimum absolute atomic E-state index is 0.688. The Morgan fingerprint density at radius 1 is 1.33 bits per heavy atom. The summed E-state index contributed by atoms with van der Waals surface area (Å²) < 4.78 is 5.66. The molecule has 0 aliphatic carbocycles. The van der Waals surface area contributed by atoms with Gasteiger partial charge in [-0.3, -0.25) is 0 Å². The minimum Gasteiger partial charge on any atom is -0.458 e. The first-order valence-electron chi connectivity index (χ1n) is 5.10. The van der Waals surface area contributed by atoms with Gasteiger partial charge in [0.25, 0.3) is 0 Å². The molecule has 3 heteroatoms. The molecular weight excluding hydrogens is 210 g/mol. The van der Waals surface area contributed by atoms with Crippen molar-refractivity contribution < 1.29 is 4.42 Å². The van der Waals surface area contributed by atoms with Gasteiger partial charge in [0.05, 0.1) is 11.6 Å². The molecule has 1 N–H and O–H groups in total. The summed E-state index contributed by atoms with van der Waals surface area (Å²) >= 11 is 6.10. The van der Waals surface area contributed by atoms with Gasteiger partial charge in [0, 0.05) is 5.39 Å². The highest BCUT2D eigenvalue weighted by Crippen LogP contribution is 2.28. The Hall–Kier alpha value is -0.990. The Labute approximate surface area is 94.2 Å². The first-order chi connectivity index (χ1) is 7.20. The van der Waals surface area contributed by atoms with Crippen molar-refractivity contribution >= 4 is 22.6 Å². The quantitative estimate of drug-likeness (QED) is 0.862. The van der Waals surface area contributed by atoms with Crippen LogP contribution in [0.4, 0.5) is 0 Å². The van der Waals surface area contributed by atoms with E-state index >= 15 is 0 Å². The summed E-state index contributed by atoms with van der Waals surface area (Å²) in [5.41, 5.74) is 1.94. The smallest absolute Gasteiger partial charge is 0.152 e. The van der Waals surface area contributed by atoms with Crippen molar-refractivity contribution in [3.63, 3.8) is 0 Å². The fraction of sp³-hybridized carbons (Fsp3) is 0.333. The van der Waals surface area contributed by atoms with E-state index in [-0.39, 0.29) is 0 Å². The van der Waals surface area contributed by atoms with E-state index in [0.717, 1.165) is 35.4 Å². The largest absolute Gasteiger partial charge is 0.458 e. The molecule has 0 bridgehead atoms. The van der Waals surface area contributed by atoms with Crippen molar-refractivity contribution in [1.29, 1.82) is 0 Å². The standard InChI is InChI=1S/C12H14ClNO/c1-3-14-7-10-6-9-4-8(2)5-11(13)12(9)15-10/h4-6,14H,3,7H2,1-2H3. The third-order valence-electron chi connectivity index (χ3n) is 2.32. The number of furan rings is 1. The predicted octanol–water partition coefficient (Wildman–Crippen LogP) is 3.50. The van der Waals surface area contributed by atoms with Crippen LogP contribution in [0.3, 0.4) is 0 Å². The van der Waals surface area contributed by atoms with E-state index in [1.807, 2.05) is 19.1 Å². The van der Waals surface area contributed by atoms with E-state index in [9.17, 15) is 0 Å². The Kier molecular flexibility index (Phi) is 2.98. The van der Waals surface area contributed by atoms with Gasteiger partial charge < -0.3 is 9.73 Å². The summed E-state index contributed by atoms with van der Waals surface area (Å²) in [6.45, 7) is 5.78. The molecule has 15 heavy (non-hydrogen) atoms. The van der Waals surface area contributed by atoms with Gasteiger partial charge in [0.2, 0.25) is 0 Å². The van der Waals surface area contributed by atoms with Gasteiger partial charge in [-0.1, -0.05) is 18.5 Å². The molecule has 0 amide bonds. The van der Waals surface area contributed by atoms with Gasteiger partial charge in [0.1, 0.15) is 5.76 Å². The molecule has 1 aromatic heterocycles. The number of nitrogens with one attached hydrogen (secondary N) is 1. The predicted molar refractivity (Wildman–Crippen MR) is 63.3 cm³/mol. The summed E-state index contributed by atoms with van der Waals surface area (Å²) in [6, 6.07) is 6.04. The van der Waals surface area contributed by atoms with Crippen molar-refractivity contribution in [2.24, 2.45) is 0 Å². The van der Waals surface area contributed by atoms with Crippen molar-refractivity contribution in [2.75, 3.05) is 6.54 Å². The highest BCUT2D eigenvalue weighted by atomic mass is 35.5. The zero-order valence-corrected chi connectivity index (χ0v) is 9.69. The molecule has 0 aliphatic heterocycles. The number of benzene rings is 1. The third kappa shape index (κ3) is 2.16. The maximum absolute atomic E-state index is 6.10. The van der Waals surface area contributed by atoms with Crippen LogP contribution in [0.5, 0.6) is 0 Å². The molecule has 2 aromatic rings. The Balaban J connectivity index is 2.41. The molecule has 0 atom stereocenters. The maximum Gasteiger partial charge on any atom is 0.152 e. The SMILES string of the molecule is CCNCc1cc2cc(C)cc(Cl)c2o1. The number of hydrogen-bond donors (Lipinski definition) is 1. The molecule has 0 saturated carbocycles. The second kappa shape index (κ2) is 4.25. The van der Waals surface area contributed by atoms with Gasteiger partial charge in [0.15, 0.2) is 5.58 Å². The lowest BCUT2D eigenvalue weighted by atomic mass is 10.2. The lowest BCUT2D eigenvalue weighted by Crippen LogP contribution is -2.10. The summed E-state index contributed by atoms with van der Waals surface area (Å²) in [5, 5.41) is 4.99. The number of fused-ring (bicyclic) bond motifs is 1. The topological polar surface area (TPSA) is 25.2 Å². The van der Waals surface area contributed by atoms with Crippen molar-refractivity contribution in [3.05, 3.63) is 34.5 Å². The minimum atomic E-state index is 0.688. The molecule has 1 aromatic carbocycles. The molecular formula is C12H14ClNO. The van der Waals surface area contributed by atoms with Gasteiger partial charge in [-0.05, 0) is 37.2 Å². The number of hydrogen-bond acceptors (Lipinski definition) is 2. The molecule has 0 saturated heterocycles. The highest BCUT2D eigenvalue weighted by Gasteiger charge is 2.07. The molecule has 0 aliphatic rings. The molecule has 80 valence electrons. The Bertz CT molecular complexity index is 476. The second-order valence-corrected chi connectivity index (χ2v) is 4.07. The van der Waals surface area contributed by atoms with Crippen LogP contribution >= 0.6 is 11.6 Å². The molecule has 0 spiro atoms. The fourth-order valence-electron chi connectivity index (χ4n) is 1.64. The zero-order valence-electron chi connectivity index (χ0n) is 8.93. The van der Waals surface area contributed by atoms with Gasteiger partial charge in [-0.2, -0.15) is 0 Å². The van der Waals surface area contributed by atoms with E-state index in [1.54, 1.807) is 0 Å². The van der Waals surface area contributed by atoms with Crippen LogP contribution in [-0.4, -0.2) is 6.54 Å². The molecule has 0 radical (unpaired) electrons. The lowest BCUT2D eigenvalue weighted by Gasteiger charge is -1.96. The maximum atomic E-state index is 6.10. The normalized spacial score (nSPS) is 11.1. The van der Waals surface area contributed by atoms with Gasteiger partial charge >= 0.3 is 0 Å². The average Bonchev–Trinajstić information content (AvgIpc) is 2.57. The van der Waals surface area contributed by atoms with Crippen LogP contribution < -0.4 is 5.32 Å². The van der Waals surface area contributed by atoms with Crippen molar-refractivity contribution in [3.8, 4) is 0 Å². The zero-order chi connectivity index (χ0) is 10.8. The monoisotopic (exact) mass is 223 g/mol. The van der Waals surface area contributed by atoms with Crippen LogP contribution in [-0.2, 0) is 6.54 Å². The number of aryl methyl sites for hydroxylation is 1. The summed E-state index contributed by atoms with van der Waals surface area (Å²) in [7, 11) is 0. The highest BCUT2D eigenvalue weighted by molar-refractivity contribution is 6.34. The fourth-order valence-corrected chi connectivity index (χ4v) is 1.96. The van der Waals surface area contributed by atoms with Crippen molar-refractivity contribution in [2.45, 2.75) is 20.4 Å². The second-order valence-electron chi connectivity index (χ2n) is 3.66. The van der Waals surface area contributed by atoms with E-state index in [0.29, 0.717) is 5.02 Å². The van der Waals surface area contributed by atoms with E-state index < -0.39 is 0 Å². The van der Waals surface area contributed by atoms with Crippen LogP contribution in [0, 0.1) is 6.92 Å². The first kappa shape index (κ1) is 10.5. The summed E-state index contributed by atoms with van der Waals surface area (Å²) in [5.74, 6) is 0.930. The van der Waals surface area contributed by atoms with Crippen LogP contribution in [0.2, 0.25) is 5.02 Å². The Morgan fingerprint density at radius 2 is 2.13 bits per heavy atom. The third-order valence-corrected chi connectivity index (χ3v) is 2.60. The van der Waals surface area contributed by atoms with Crippen LogP contribution in [0.25, 0.3) is 11.0 Å². The van der Waals surface area contributed by atoms with Crippen LogP contribution in [0.15, 0.2) is 22.6 Å². The van der Waals surface area contributed by atoms with E-state index in [2.05, 4.69) is 18.3 Å². The average molecular weight is 224 g/mol. The molecule has 2 rings (SSSR count). The first-order valence-corrected chi connectivity index (χ1v) is 5.48. The van der Waals surface area contributed by atoms with Crippen molar-refractivity contribution in [1.82, 2.24) is 5.32 Å². The van der Waals surface area contributed by atoms with Gasteiger partial charge in [-0.25, -0.2) is 0 Å². The molecule has 1 heterocycles. The molecule has 0 fully saturated rings. The summed E-state index contributed by atoms with van der Waals surface area (Å²) in [6.07, 6.45) is 0.